The van der Waals surface area contributed by atoms with Crippen LogP contribution in [0.5, 0.6) is 0 Å². The molecule has 0 spiro atoms. The lowest BCUT2D eigenvalue weighted by Crippen LogP contribution is -2.55. The lowest BCUT2D eigenvalue weighted by Gasteiger charge is -2.45. The fourth-order valence-electron chi connectivity index (χ4n) is 3.52. The first-order chi connectivity index (χ1) is 8.61. The van der Waals surface area contributed by atoms with Crippen LogP contribution < -0.4 is 5.32 Å². The molecular weight excluding hydrogens is 228 g/mol. The van der Waals surface area contributed by atoms with Gasteiger partial charge < -0.3 is 5.32 Å². The summed E-state index contributed by atoms with van der Waals surface area (Å²) in [6, 6.07) is 0.196. The smallest absolute Gasteiger partial charge is 0.217 e. The topological polar surface area (TPSA) is 49.4 Å². The second kappa shape index (κ2) is 5.83. The van der Waals surface area contributed by atoms with Gasteiger partial charge in [0.25, 0.3) is 0 Å². The highest BCUT2D eigenvalue weighted by molar-refractivity contribution is 5.89. The molecule has 0 aromatic carbocycles. The van der Waals surface area contributed by atoms with Gasteiger partial charge in [-0.1, -0.05) is 6.92 Å². The first-order valence-corrected chi connectivity index (χ1v) is 7.15. The van der Waals surface area contributed by atoms with Crippen LogP contribution in [0.4, 0.5) is 0 Å². The molecule has 0 radical (unpaired) electrons. The van der Waals surface area contributed by atoms with Gasteiger partial charge >= 0.3 is 0 Å². The highest BCUT2D eigenvalue weighted by Gasteiger charge is 2.40. The monoisotopic (exact) mass is 252 g/mol. The number of nitrogens with one attached hydrogen (secondary N) is 1. The number of amides is 1. The molecule has 2 rings (SSSR count). The average Bonchev–Trinajstić information content (AvgIpc) is 2.31. The zero-order valence-corrected chi connectivity index (χ0v) is 11.4. The molecule has 102 valence electrons. The van der Waals surface area contributed by atoms with Gasteiger partial charge in [0.2, 0.25) is 5.91 Å². The Morgan fingerprint density at radius 3 is 2.94 bits per heavy atom. The van der Waals surface area contributed by atoms with Crippen molar-refractivity contribution in [3.8, 4) is 0 Å². The minimum atomic E-state index is -0.231. The molecule has 0 bridgehead atoms. The number of ketones is 1. The van der Waals surface area contributed by atoms with Crippen molar-refractivity contribution >= 4 is 11.7 Å². The Bertz CT molecular complexity index is 328. The Labute approximate surface area is 109 Å². The summed E-state index contributed by atoms with van der Waals surface area (Å²) in [6.07, 6.45) is 5.03. The maximum atomic E-state index is 12.1. The molecule has 4 heteroatoms. The van der Waals surface area contributed by atoms with E-state index >= 15 is 0 Å². The quantitative estimate of drug-likeness (QED) is 0.824. The maximum Gasteiger partial charge on any atom is 0.217 e. The van der Waals surface area contributed by atoms with E-state index in [0.717, 1.165) is 25.9 Å². The number of nitrogens with zero attached hydrogens (tertiary/aromatic N) is 1. The molecular formula is C14H24N2O2. The predicted molar refractivity (Wildman–Crippen MR) is 70.2 cm³/mol. The molecule has 3 atom stereocenters. The zero-order valence-electron chi connectivity index (χ0n) is 11.4. The highest BCUT2D eigenvalue weighted by Crippen LogP contribution is 2.34. The molecule has 1 N–H and O–H groups in total. The van der Waals surface area contributed by atoms with Crippen molar-refractivity contribution < 1.29 is 9.59 Å². The molecule has 1 saturated heterocycles. The number of hydrogen-bond donors (Lipinski definition) is 1. The first-order valence-electron chi connectivity index (χ1n) is 7.15. The van der Waals surface area contributed by atoms with Gasteiger partial charge in [-0.05, 0) is 44.7 Å². The summed E-state index contributed by atoms with van der Waals surface area (Å²) in [6.45, 7) is 5.91. The molecule has 1 saturated carbocycles. The average molecular weight is 252 g/mol. The van der Waals surface area contributed by atoms with Crippen LogP contribution in [0.1, 0.15) is 46.0 Å². The minimum absolute atomic E-state index is 0.0898. The summed E-state index contributed by atoms with van der Waals surface area (Å²) in [5.41, 5.74) is 0. The van der Waals surface area contributed by atoms with Gasteiger partial charge in [0.1, 0.15) is 0 Å². The van der Waals surface area contributed by atoms with Crippen LogP contribution >= 0.6 is 0 Å². The SMILES string of the molecule is CCCN1CCCC2CC(NC(C)=O)C(=O)CC21. The number of carbonyl (C=O) groups excluding carboxylic acids is 2. The van der Waals surface area contributed by atoms with Gasteiger partial charge in [0, 0.05) is 19.4 Å². The van der Waals surface area contributed by atoms with Crippen molar-refractivity contribution in [2.75, 3.05) is 13.1 Å². The number of Topliss-reactive ketones (excluding diaryl/α,β-unsaturated/α-hetero) is 1. The lowest BCUT2D eigenvalue weighted by molar-refractivity contribution is -0.131. The van der Waals surface area contributed by atoms with Crippen LogP contribution in [-0.2, 0) is 9.59 Å². The number of piperidine rings is 1. The van der Waals surface area contributed by atoms with Gasteiger partial charge in [-0.25, -0.2) is 0 Å². The van der Waals surface area contributed by atoms with Gasteiger partial charge in [-0.3, -0.25) is 14.5 Å². The second-order valence-corrected chi connectivity index (χ2v) is 5.66. The Morgan fingerprint density at radius 1 is 1.50 bits per heavy atom. The largest absolute Gasteiger partial charge is 0.347 e. The van der Waals surface area contributed by atoms with E-state index in [1.807, 2.05) is 0 Å². The third kappa shape index (κ3) is 2.91. The fourth-order valence-corrected chi connectivity index (χ4v) is 3.52. The molecule has 1 aliphatic heterocycles. The molecule has 1 amide bonds. The summed E-state index contributed by atoms with van der Waals surface area (Å²) >= 11 is 0. The number of likely N-dealkylation sites (tertiary alicyclic amines) is 1. The summed E-state index contributed by atoms with van der Waals surface area (Å²) in [5, 5.41) is 2.80. The second-order valence-electron chi connectivity index (χ2n) is 5.66. The van der Waals surface area contributed by atoms with Gasteiger partial charge in [0.05, 0.1) is 6.04 Å². The molecule has 0 aromatic rings. The Hall–Kier alpha value is -0.900. The van der Waals surface area contributed by atoms with E-state index in [1.165, 1.54) is 19.8 Å². The van der Waals surface area contributed by atoms with Gasteiger partial charge in [0.15, 0.2) is 5.78 Å². The van der Waals surface area contributed by atoms with Crippen LogP contribution in [0.15, 0.2) is 0 Å². The number of fused-ring (bicyclic) bond motifs is 1. The molecule has 2 aliphatic rings. The third-order valence-electron chi connectivity index (χ3n) is 4.26. The molecule has 0 aromatic heterocycles. The Morgan fingerprint density at radius 2 is 2.28 bits per heavy atom. The van der Waals surface area contributed by atoms with E-state index in [0.29, 0.717) is 18.4 Å². The first kappa shape index (κ1) is 13.5. The van der Waals surface area contributed by atoms with Crippen molar-refractivity contribution in [1.82, 2.24) is 10.2 Å². The summed E-state index contributed by atoms with van der Waals surface area (Å²) in [7, 11) is 0. The van der Waals surface area contributed by atoms with Crippen molar-refractivity contribution in [2.24, 2.45) is 5.92 Å². The van der Waals surface area contributed by atoms with E-state index in [9.17, 15) is 9.59 Å². The third-order valence-corrected chi connectivity index (χ3v) is 4.26. The number of hydrogen-bond acceptors (Lipinski definition) is 3. The molecule has 3 unspecified atom stereocenters. The lowest BCUT2D eigenvalue weighted by atomic mass is 9.75. The van der Waals surface area contributed by atoms with Crippen LogP contribution in [0.2, 0.25) is 0 Å². The number of carbonyl (C=O) groups is 2. The van der Waals surface area contributed by atoms with Crippen LogP contribution in [0.25, 0.3) is 0 Å². The minimum Gasteiger partial charge on any atom is -0.347 e. The van der Waals surface area contributed by atoms with Crippen molar-refractivity contribution in [3.05, 3.63) is 0 Å². The maximum absolute atomic E-state index is 12.1. The van der Waals surface area contributed by atoms with E-state index < -0.39 is 0 Å². The van der Waals surface area contributed by atoms with Crippen LogP contribution in [-0.4, -0.2) is 41.8 Å². The van der Waals surface area contributed by atoms with Gasteiger partial charge in [-0.2, -0.15) is 0 Å². The van der Waals surface area contributed by atoms with Crippen molar-refractivity contribution in [2.45, 2.75) is 58.0 Å². The van der Waals surface area contributed by atoms with Crippen molar-refractivity contribution in [3.63, 3.8) is 0 Å². The van der Waals surface area contributed by atoms with E-state index in [-0.39, 0.29) is 17.7 Å². The normalized spacial score (nSPS) is 33.0. The van der Waals surface area contributed by atoms with Crippen LogP contribution in [0.3, 0.4) is 0 Å². The molecule has 1 aliphatic carbocycles. The zero-order chi connectivity index (χ0) is 13.1. The van der Waals surface area contributed by atoms with Gasteiger partial charge in [-0.15, -0.1) is 0 Å². The summed E-state index contributed by atoms with van der Waals surface area (Å²) in [5.74, 6) is 0.710. The highest BCUT2D eigenvalue weighted by atomic mass is 16.2. The van der Waals surface area contributed by atoms with E-state index in [4.69, 9.17) is 0 Å². The van der Waals surface area contributed by atoms with Crippen LogP contribution in [0, 0.1) is 5.92 Å². The summed E-state index contributed by atoms with van der Waals surface area (Å²) < 4.78 is 0. The fraction of sp³-hybridized carbons (Fsp3) is 0.857. The summed E-state index contributed by atoms with van der Waals surface area (Å²) in [4.78, 5) is 25.7. The number of rotatable bonds is 3. The molecule has 2 fully saturated rings. The Balaban J connectivity index is 2.01. The standard InChI is InChI=1S/C14H24N2O2/c1-3-6-16-7-4-5-11-8-12(15-10(2)17)14(18)9-13(11)16/h11-13H,3-9H2,1-2H3,(H,15,17). The van der Waals surface area contributed by atoms with E-state index in [1.54, 1.807) is 0 Å². The van der Waals surface area contributed by atoms with E-state index in [2.05, 4.69) is 17.1 Å². The van der Waals surface area contributed by atoms with Crippen molar-refractivity contribution in [1.29, 1.82) is 0 Å². The molecule has 1 heterocycles. The Kier molecular flexibility index (Phi) is 4.38. The molecule has 4 nitrogen and oxygen atoms in total. The predicted octanol–water partition coefficient (Wildman–Crippen LogP) is 1.34. The molecule has 18 heavy (non-hydrogen) atoms.